The van der Waals surface area contributed by atoms with Crippen LogP contribution in [0.25, 0.3) is 0 Å². The third-order valence-corrected chi connectivity index (χ3v) is 6.06. The van der Waals surface area contributed by atoms with Crippen LogP contribution in [-0.4, -0.2) is 59.8 Å². The number of piperazine rings is 1. The Morgan fingerprint density at radius 3 is 2.38 bits per heavy atom. The van der Waals surface area contributed by atoms with Crippen molar-refractivity contribution in [3.05, 3.63) is 0 Å². The lowest BCUT2D eigenvalue weighted by molar-refractivity contribution is -0.0213. The number of aliphatic hydroxyl groups excluding tert-OH is 1. The summed E-state index contributed by atoms with van der Waals surface area (Å²) in [5.41, 5.74) is 0.626. The quantitative estimate of drug-likeness (QED) is 0.849. The number of hydrogen-bond donors (Lipinski definition) is 1. The zero-order valence-corrected chi connectivity index (χ0v) is 15.0. The first-order valence-corrected chi connectivity index (χ1v) is 8.71. The van der Waals surface area contributed by atoms with Gasteiger partial charge in [-0.15, -0.1) is 0 Å². The summed E-state index contributed by atoms with van der Waals surface area (Å²) in [6, 6.07) is 0. The molecule has 0 aromatic rings. The van der Waals surface area contributed by atoms with Crippen molar-refractivity contribution in [3.63, 3.8) is 0 Å². The van der Waals surface area contributed by atoms with Crippen molar-refractivity contribution in [2.75, 3.05) is 33.2 Å². The normalized spacial score (nSPS) is 35.9. The molecule has 3 heteroatoms. The van der Waals surface area contributed by atoms with Crippen molar-refractivity contribution in [2.24, 2.45) is 17.3 Å². The molecule has 21 heavy (non-hydrogen) atoms. The topological polar surface area (TPSA) is 26.7 Å². The molecule has 0 amide bonds. The highest BCUT2D eigenvalue weighted by atomic mass is 16.3. The molecule has 2 rings (SSSR count). The second-order valence-electron chi connectivity index (χ2n) is 9.17. The Hall–Kier alpha value is -0.120. The van der Waals surface area contributed by atoms with Gasteiger partial charge >= 0.3 is 0 Å². The van der Waals surface area contributed by atoms with Crippen LogP contribution in [-0.2, 0) is 0 Å². The van der Waals surface area contributed by atoms with Crippen LogP contribution in [0.15, 0.2) is 0 Å². The summed E-state index contributed by atoms with van der Waals surface area (Å²) in [5.74, 6) is 1.22. The van der Waals surface area contributed by atoms with Crippen LogP contribution >= 0.6 is 0 Å². The lowest BCUT2D eigenvalue weighted by Gasteiger charge is -2.48. The van der Waals surface area contributed by atoms with Crippen molar-refractivity contribution in [1.29, 1.82) is 0 Å². The Kier molecular flexibility index (Phi) is 5.07. The van der Waals surface area contributed by atoms with Crippen molar-refractivity contribution >= 4 is 0 Å². The van der Waals surface area contributed by atoms with E-state index in [0.29, 0.717) is 11.3 Å². The number of nitrogens with zero attached hydrogens (tertiary/aromatic N) is 2. The van der Waals surface area contributed by atoms with E-state index in [1.807, 2.05) is 0 Å². The Morgan fingerprint density at radius 1 is 1.14 bits per heavy atom. The van der Waals surface area contributed by atoms with Crippen molar-refractivity contribution in [3.8, 4) is 0 Å². The SMILES string of the molecule is CN1CCN(CC2CC(C(C)(C)C)CCC2O)CC1(C)C. The van der Waals surface area contributed by atoms with Crippen LogP contribution in [0, 0.1) is 17.3 Å². The zero-order valence-electron chi connectivity index (χ0n) is 15.0. The van der Waals surface area contributed by atoms with Gasteiger partial charge in [-0.25, -0.2) is 0 Å². The molecule has 124 valence electrons. The maximum atomic E-state index is 10.4. The Bertz CT molecular complexity index is 348. The number of hydrogen-bond acceptors (Lipinski definition) is 3. The average molecular weight is 296 g/mol. The van der Waals surface area contributed by atoms with Crippen LogP contribution in [0.2, 0.25) is 0 Å². The standard InChI is InChI=1S/C18H36N2O/c1-17(2,3)15-7-8-16(21)14(11-15)12-20-10-9-19(6)18(4,5)13-20/h14-16,21H,7-13H2,1-6H3. The van der Waals surface area contributed by atoms with Crippen LogP contribution < -0.4 is 0 Å². The first-order valence-electron chi connectivity index (χ1n) is 8.71. The summed E-state index contributed by atoms with van der Waals surface area (Å²) in [5, 5.41) is 10.4. The van der Waals surface area contributed by atoms with Gasteiger partial charge in [-0.2, -0.15) is 0 Å². The molecule has 0 radical (unpaired) electrons. The first-order chi connectivity index (χ1) is 9.59. The monoisotopic (exact) mass is 296 g/mol. The predicted octanol–water partition coefficient (Wildman–Crippen LogP) is 2.84. The van der Waals surface area contributed by atoms with Gasteiger partial charge in [0.25, 0.3) is 0 Å². The van der Waals surface area contributed by atoms with Gasteiger partial charge in [-0.05, 0) is 57.4 Å². The smallest absolute Gasteiger partial charge is 0.0580 e. The second-order valence-corrected chi connectivity index (χ2v) is 9.17. The number of rotatable bonds is 2. The molecule has 1 saturated heterocycles. The summed E-state index contributed by atoms with van der Waals surface area (Å²) in [7, 11) is 2.22. The van der Waals surface area contributed by atoms with Crippen LogP contribution in [0.4, 0.5) is 0 Å². The van der Waals surface area contributed by atoms with Gasteiger partial charge in [0.2, 0.25) is 0 Å². The van der Waals surface area contributed by atoms with E-state index in [0.717, 1.165) is 38.5 Å². The lowest BCUT2D eigenvalue weighted by atomic mass is 9.68. The minimum absolute atomic E-state index is 0.0913. The zero-order chi connectivity index (χ0) is 15.8. The molecule has 2 aliphatic rings. The number of aliphatic hydroxyl groups is 1. The van der Waals surface area contributed by atoms with Gasteiger partial charge in [0, 0.05) is 31.7 Å². The minimum atomic E-state index is -0.0913. The third kappa shape index (κ3) is 4.20. The Balaban J connectivity index is 1.95. The fraction of sp³-hybridized carbons (Fsp3) is 1.00. The summed E-state index contributed by atoms with van der Waals surface area (Å²) < 4.78 is 0. The molecule has 2 fully saturated rings. The second kappa shape index (κ2) is 6.17. The van der Waals surface area contributed by atoms with E-state index in [9.17, 15) is 5.11 Å². The van der Waals surface area contributed by atoms with E-state index in [-0.39, 0.29) is 11.6 Å². The van der Waals surface area contributed by atoms with E-state index in [1.165, 1.54) is 12.8 Å². The Labute approximate surface area is 131 Å². The van der Waals surface area contributed by atoms with Crippen LogP contribution in [0.3, 0.4) is 0 Å². The summed E-state index contributed by atoms with van der Waals surface area (Å²) in [4.78, 5) is 5.04. The van der Waals surface area contributed by atoms with Crippen LogP contribution in [0.5, 0.6) is 0 Å². The fourth-order valence-corrected chi connectivity index (χ4v) is 4.06. The van der Waals surface area contributed by atoms with E-state index in [1.54, 1.807) is 0 Å². The summed E-state index contributed by atoms with van der Waals surface area (Å²) >= 11 is 0. The first kappa shape index (κ1) is 17.2. The molecule has 3 atom stereocenters. The van der Waals surface area contributed by atoms with Gasteiger partial charge in [-0.3, -0.25) is 9.80 Å². The summed E-state index contributed by atoms with van der Waals surface area (Å²) in [6.07, 6.45) is 3.28. The highest BCUT2D eigenvalue weighted by Gasteiger charge is 2.38. The maximum Gasteiger partial charge on any atom is 0.0580 e. The molecule has 0 bridgehead atoms. The van der Waals surface area contributed by atoms with Gasteiger partial charge in [0.1, 0.15) is 0 Å². The molecule has 1 saturated carbocycles. The molecule has 3 nitrogen and oxygen atoms in total. The third-order valence-electron chi connectivity index (χ3n) is 6.06. The van der Waals surface area contributed by atoms with Crippen LogP contribution in [0.1, 0.15) is 53.9 Å². The molecule has 1 N–H and O–H groups in total. The molecule has 0 aromatic heterocycles. The van der Waals surface area contributed by atoms with E-state index in [4.69, 9.17) is 0 Å². The molecule has 0 aromatic carbocycles. The maximum absolute atomic E-state index is 10.4. The Morgan fingerprint density at radius 2 is 1.81 bits per heavy atom. The molecule has 3 unspecified atom stereocenters. The number of likely N-dealkylation sites (N-methyl/N-ethyl adjacent to an activating group) is 1. The van der Waals surface area contributed by atoms with Crippen molar-refractivity contribution in [1.82, 2.24) is 9.80 Å². The largest absolute Gasteiger partial charge is 0.393 e. The lowest BCUT2D eigenvalue weighted by Crippen LogP contribution is -2.58. The summed E-state index contributed by atoms with van der Waals surface area (Å²) in [6.45, 7) is 16.2. The highest BCUT2D eigenvalue weighted by molar-refractivity contribution is 4.92. The van der Waals surface area contributed by atoms with E-state index in [2.05, 4.69) is 51.5 Å². The fourth-order valence-electron chi connectivity index (χ4n) is 4.06. The van der Waals surface area contributed by atoms with Gasteiger partial charge in [0.05, 0.1) is 6.10 Å². The van der Waals surface area contributed by atoms with Gasteiger partial charge in [0.15, 0.2) is 0 Å². The molecule has 0 spiro atoms. The van der Waals surface area contributed by atoms with Crippen molar-refractivity contribution in [2.45, 2.75) is 65.5 Å². The van der Waals surface area contributed by atoms with Crippen molar-refractivity contribution < 1.29 is 5.11 Å². The van der Waals surface area contributed by atoms with Gasteiger partial charge < -0.3 is 5.11 Å². The highest BCUT2D eigenvalue weighted by Crippen LogP contribution is 2.40. The molecular formula is C18H36N2O. The average Bonchev–Trinajstić information content (AvgIpc) is 2.35. The molecule has 1 heterocycles. The predicted molar refractivity (Wildman–Crippen MR) is 89.4 cm³/mol. The van der Waals surface area contributed by atoms with E-state index < -0.39 is 0 Å². The van der Waals surface area contributed by atoms with E-state index >= 15 is 0 Å². The molecule has 1 aliphatic carbocycles. The minimum Gasteiger partial charge on any atom is -0.393 e. The van der Waals surface area contributed by atoms with Gasteiger partial charge in [-0.1, -0.05) is 20.8 Å². The molecule has 1 aliphatic heterocycles. The molecular weight excluding hydrogens is 260 g/mol.